The number of nitrogens with zero attached hydrogens (tertiary/aromatic N) is 4. The normalized spacial score (nSPS) is 20.4. The second-order valence-corrected chi connectivity index (χ2v) is 8.27. The van der Waals surface area contributed by atoms with Crippen molar-refractivity contribution in [3.05, 3.63) is 47.4 Å². The number of carbonyl (C=O) groups excluding carboxylic acids is 1. The van der Waals surface area contributed by atoms with E-state index in [-0.39, 0.29) is 11.5 Å². The SMILES string of the molecule is COc1ccc2c(c1)CCOC21CCN(c2cncc(C(=O)N3CCOCC3)n2)CC1. The maximum Gasteiger partial charge on any atom is 0.274 e. The molecule has 164 valence electrons. The molecule has 1 spiro atoms. The smallest absolute Gasteiger partial charge is 0.274 e. The number of piperidine rings is 1. The highest BCUT2D eigenvalue weighted by Gasteiger charge is 2.41. The van der Waals surface area contributed by atoms with E-state index in [1.54, 1.807) is 24.4 Å². The molecule has 0 saturated carbocycles. The molecule has 8 nitrogen and oxygen atoms in total. The van der Waals surface area contributed by atoms with Gasteiger partial charge < -0.3 is 24.0 Å². The van der Waals surface area contributed by atoms with Crippen LogP contribution < -0.4 is 9.64 Å². The molecular formula is C23H28N4O4. The summed E-state index contributed by atoms with van der Waals surface area (Å²) in [6.45, 7) is 4.66. The first-order chi connectivity index (χ1) is 15.2. The third-order valence-electron chi connectivity index (χ3n) is 6.59. The number of anilines is 1. The van der Waals surface area contributed by atoms with Gasteiger partial charge in [0.2, 0.25) is 0 Å². The van der Waals surface area contributed by atoms with Crippen molar-refractivity contribution >= 4 is 11.7 Å². The topological polar surface area (TPSA) is 77.0 Å². The molecular weight excluding hydrogens is 396 g/mol. The number of rotatable bonds is 3. The molecule has 8 heteroatoms. The summed E-state index contributed by atoms with van der Waals surface area (Å²) in [6, 6.07) is 6.32. The van der Waals surface area contributed by atoms with Gasteiger partial charge in [0.15, 0.2) is 0 Å². The van der Waals surface area contributed by atoms with Crippen LogP contribution in [-0.2, 0) is 21.5 Å². The van der Waals surface area contributed by atoms with Gasteiger partial charge in [-0.2, -0.15) is 0 Å². The van der Waals surface area contributed by atoms with E-state index in [4.69, 9.17) is 14.2 Å². The summed E-state index contributed by atoms with van der Waals surface area (Å²) in [5.74, 6) is 1.56. The standard InChI is InChI=1S/C23H28N4O4/c1-29-18-2-3-19-17(14-18)4-11-31-23(19)5-7-26(8-6-23)21-16-24-15-20(25-21)22(28)27-9-12-30-13-10-27/h2-3,14-16H,4-13H2,1H3. The van der Waals surface area contributed by atoms with Gasteiger partial charge in [-0.25, -0.2) is 4.98 Å². The molecule has 5 rings (SSSR count). The number of hydrogen-bond acceptors (Lipinski definition) is 7. The van der Waals surface area contributed by atoms with Crippen LogP contribution in [0.15, 0.2) is 30.6 Å². The Kier molecular flexibility index (Phi) is 5.50. The predicted octanol–water partition coefficient (Wildman–Crippen LogP) is 2.03. The lowest BCUT2D eigenvalue weighted by Gasteiger charge is -2.45. The summed E-state index contributed by atoms with van der Waals surface area (Å²) in [6.07, 6.45) is 5.95. The lowest BCUT2D eigenvalue weighted by molar-refractivity contribution is -0.0767. The molecule has 0 bridgehead atoms. The van der Waals surface area contributed by atoms with Crippen molar-refractivity contribution in [2.24, 2.45) is 0 Å². The van der Waals surface area contributed by atoms with Crippen molar-refractivity contribution in [3.8, 4) is 5.75 Å². The molecule has 0 N–H and O–H groups in total. The summed E-state index contributed by atoms with van der Waals surface area (Å²) in [4.78, 5) is 25.7. The van der Waals surface area contributed by atoms with Crippen molar-refractivity contribution in [1.82, 2.24) is 14.9 Å². The fourth-order valence-electron chi connectivity index (χ4n) is 4.83. The van der Waals surface area contributed by atoms with Crippen LogP contribution in [0.5, 0.6) is 5.75 Å². The van der Waals surface area contributed by atoms with Crippen molar-refractivity contribution in [1.29, 1.82) is 0 Å². The van der Waals surface area contributed by atoms with E-state index < -0.39 is 0 Å². The molecule has 2 fully saturated rings. The van der Waals surface area contributed by atoms with Crippen LogP contribution in [0.3, 0.4) is 0 Å². The maximum absolute atomic E-state index is 12.8. The molecule has 0 radical (unpaired) electrons. The molecule has 2 saturated heterocycles. The first kappa shape index (κ1) is 20.2. The second kappa shape index (κ2) is 8.43. The van der Waals surface area contributed by atoms with Gasteiger partial charge in [-0.3, -0.25) is 9.78 Å². The zero-order chi connectivity index (χ0) is 21.3. The Balaban J connectivity index is 1.31. The van der Waals surface area contributed by atoms with Crippen LogP contribution in [0.2, 0.25) is 0 Å². The third-order valence-corrected chi connectivity index (χ3v) is 6.59. The third kappa shape index (κ3) is 3.85. The molecule has 2 aromatic rings. The van der Waals surface area contributed by atoms with Gasteiger partial charge in [0.1, 0.15) is 17.3 Å². The Morgan fingerprint density at radius 3 is 2.68 bits per heavy atom. The van der Waals surface area contributed by atoms with Crippen molar-refractivity contribution in [2.75, 3.05) is 58.0 Å². The van der Waals surface area contributed by atoms with Crippen molar-refractivity contribution in [2.45, 2.75) is 24.9 Å². The zero-order valence-electron chi connectivity index (χ0n) is 17.9. The quantitative estimate of drug-likeness (QED) is 0.746. The molecule has 0 atom stereocenters. The Morgan fingerprint density at radius 1 is 1.10 bits per heavy atom. The maximum atomic E-state index is 12.8. The van der Waals surface area contributed by atoms with E-state index in [1.165, 1.54) is 11.1 Å². The molecule has 1 aromatic heterocycles. The number of carbonyl (C=O) groups is 1. The monoisotopic (exact) mass is 424 g/mol. The van der Waals surface area contributed by atoms with Crippen LogP contribution in [0.25, 0.3) is 0 Å². The highest BCUT2D eigenvalue weighted by atomic mass is 16.5. The summed E-state index contributed by atoms with van der Waals surface area (Å²) >= 11 is 0. The van der Waals surface area contributed by atoms with E-state index in [1.807, 2.05) is 6.07 Å². The molecule has 31 heavy (non-hydrogen) atoms. The highest BCUT2D eigenvalue weighted by molar-refractivity contribution is 5.92. The average Bonchev–Trinajstić information content (AvgIpc) is 2.84. The Bertz CT molecular complexity index is 952. The first-order valence-corrected chi connectivity index (χ1v) is 10.9. The minimum absolute atomic E-state index is 0.0791. The number of hydrogen-bond donors (Lipinski definition) is 0. The minimum Gasteiger partial charge on any atom is -0.497 e. The fraction of sp³-hybridized carbons (Fsp3) is 0.522. The summed E-state index contributed by atoms with van der Waals surface area (Å²) in [5.41, 5.74) is 2.73. The second-order valence-electron chi connectivity index (χ2n) is 8.27. The summed E-state index contributed by atoms with van der Waals surface area (Å²) in [5, 5.41) is 0. The Labute approximate surface area is 182 Å². The van der Waals surface area contributed by atoms with E-state index in [0.29, 0.717) is 32.0 Å². The van der Waals surface area contributed by atoms with E-state index in [9.17, 15) is 4.79 Å². The molecule has 3 aliphatic rings. The first-order valence-electron chi connectivity index (χ1n) is 10.9. The number of morpholine rings is 1. The van der Waals surface area contributed by atoms with Gasteiger partial charge in [-0.05, 0) is 42.5 Å². The van der Waals surface area contributed by atoms with Crippen LogP contribution in [-0.4, -0.2) is 73.9 Å². The number of amides is 1. The van der Waals surface area contributed by atoms with Gasteiger partial charge in [0.05, 0.1) is 44.9 Å². The molecule has 1 aromatic carbocycles. The summed E-state index contributed by atoms with van der Waals surface area (Å²) < 4.78 is 17.1. The van der Waals surface area contributed by atoms with Gasteiger partial charge in [-0.1, -0.05) is 6.07 Å². The van der Waals surface area contributed by atoms with Crippen LogP contribution in [0.1, 0.15) is 34.5 Å². The van der Waals surface area contributed by atoms with E-state index >= 15 is 0 Å². The number of fused-ring (bicyclic) bond motifs is 2. The van der Waals surface area contributed by atoms with Gasteiger partial charge in [-0.15, -0.1) is 0 Å². The number of aromatic nitrogens is 2. The molecule has 0 unspecified atom stereocenters. The van der Waals surface area contributed by atoms with Crippen LogP contribution in [0, 0.1) is 0 Å². The molecule has 3 aliphatic heterocycles. The lowest BCUT2D eigenvalue weighted by atomic mass is 9.79. The molecule has 0 aliphatic carbocycles. The van der Waals surface area contributed by atoms with Crippen LogP contribution in [0.4, 0.5) is 5.82 Å². The van der Waals surface area contributed by atoms with E-state index in [2.05, 4.69) is 27.0 Å². The Morgan fingerprint density at radius 2 is 1.90 bits per heavy atom. The number of methoxy groups -OCH3 is 1. The van der Waals surface area contributed by atoms with Gasteiger partial charge >= 0.3 is 0 Å². The molecule has 4 heterocycles. The number of ether oxygens (including phenoxy) is 3. The average molecular weight is 425 g/mol. The van der Waals surface area contributed by atoms with Gasteiger partial charge in [0, 0.05) is 26.2 Å². The van der Waals surface area contributed by atoms with Gasteiger partial charge in [0.25, 0.3) is 5.91 Å². The lowest BCUT2D eigenvalue weighted by Crippen LogP contribution is -2.47. The van der Waals surface area contributed by atoms with Crippen LogP contribution >= 0.6 is 0 Å². The predicted molar refractivity (Wildman–Crippen MR) is 115 cm³/mol. The summed E-state index contributed by atoms with van der Waals surface area (Å²) in [7, 11) is 1.70. The van der Waals surface area contributed by atoms with Crippen molar-refractivity contribution in [3.63, 3.8) is 0 Å². The van der Waals surface area contributed by atoms with Crippen molar-refractivity contribution < 1.29 is 19.0 Å². The molecule has 1 amide bonds. The van der Waals surface area contributed by atoms with E-state index in [0.717, 1.165) is 50.5 Å². The fourth-order valence-corrected chi connectivity index (χ4v) is 4.83. The number of benzene rings is 1. The zero-order valence-corrected chi connectivity index (χ0v) is 17.9. The highest BCUT2D eigenvalue weighted by Crippen LogP contribution is 2.43. The minimum atomic E-state index is -0.259. The largest absolute Gasteiger partial charge is 0.497 e. The Hall–Kier alpha value is -2.71.